The number of hydrogen-bond donors (Lipinski definition) is 2. The molecule has 2 aromatic rings. The number of carbonyl (C=O) groups excluding carboxylic acids is 2. The van der Waals surface area contributed by atoms with Gasteiger partial charge in [-0.3, -0.25) is 9.59 Å². The van der Waals surface area contributed by atoms with E-state index in [4.69, 9.17) is 16.3 Å². The molecule has 0 saturated carbocycles. The van der Waals surface area contributed by atoms with E-state index in [2.05, 4.69) is 4.72 Å². The van der Waals surface area contributed by atoms with E-state index in [1.54, 1.807) is 32.6 Å². The molecule has 1 aromatic heterocycles. The molecule has 11 nitrogen and oxygen atoms in total. The first kappa shape index (κ1) is 27.4. The number of carboxylic acid groups (broad SMARTS) is 1. The lowest BCUT2D eigenvalue weighted by molar-refractivity contribution is -0.146. The van der Waals surface area contributed by atoms with Gasteiger partial charge in [-0.25, -0.2) is 17.8 Å². The molecule has 1 aromatic carbocycles. The van der Waals surface area contributed by atoms with E-state index >= 15 is 0 Å². The van der Waals surface area contributed by atoms with Gasteiger partial charge in [0, 0.05) is 35.6 Å². The van der Waals surface area contributed by atoms with Crippen molar-refractivity contribution in [3.63, 3.8) is 0 Å². The molecule has 3 heterocycles. The summed E-state index contributed by atoms with van der Waals surface area (Å²) in [4.78, 5) is 41.4. The molecule has 0 bridgehead atoms. The van der Waals surface area contributed by atoms with E-state index in [1.807, 2.05) is 0 Å². The van der Waals surface area contributed by atoms with Gasteiger partial charge in [-0.2, -0.15) is 4.72 Å². The topological polar surface area (TPSA) is 138 Å². The monoisotopic (exact) mass is 554 g/mol. The number of nitrogens with one attached hydrogen (secondary N) is 1. The maximum absolute atomic E-state index is 13.8. The lowest BCUT2D eigenvalue weighted by Gasteiger charge is -2.32. The molecule has 37 heavy (non-hydrogen) atoms. The van der Waals surface area contributed by atoms with Crippen LogP contribution in [0.3, 0.4) is 0 Å². The van der Waals surface area contributed by atoms with Crippen LogP contribution in [-0.2, 0) is 29.8 Å². The number of carbonyl (C=O) groups is 3. The van der Waals surface area contributed by atoms with Crippen molar-refractivity contribution < 1.29 is 32.6 Å². The zero-order chi connectivity index (χ0) is 27.3. The summed E-state index contributed by atoms with van der Waals surface area (Å²) >= 11 is 6.17. The number of amides is 2. The number of morpholine rings is 1. The Kier molecular flexibility index (Phi) is 7.32. The Hall–Kier alpha value is -2.67. The Morgan fingerprint density at radius 1 is 1.19 bits per heavy atom. The van der Waals surface area contributed by atoms with Crippen LogP contribution in [0.25, 0.3) is 10.9 Å². The minimum atomic E-state index is -4.50. The molecular weight excluding hydrogens is 524 g/mol. The zero-order valence-electron chi connectivity index (χ0n) is 21.2. The third-order valence-corrected chi connectivity index (χ3v) is 8.49. The van der Waals surface area contributed by atoms with Crippen molar-refractivity contribution >= 4 is 50.4 Å². The van der Waals surface area contributed by atoms with Crippen LogP contribution in [-0.4, -0.2) is 90.7 Å². The summed E-state index contributed by atoms with van der Waals surface area (Å²) < 4.78 is 35.9. The van der Waals surface area contributed by atoms with Gasteiger partial charge in [0.05, 0.1) is 18.7 Å². The molecule has 0 unspecified atom stereocenters. The van der Waals surface area contributed by atoms with E-state index in [1.165, 1.54) is 23.1 Å². The fraction of sp³-hybridized carbons (Fsp3) is 0.542. The highest BCUT2D eigenvalue weighted by atomic mass is 35.5. The maximum atomic E-state index is 13.8. The molecule has 4 rings (SSSR count). The molecule has 13 heteroatoms. The largest absolute Gasteiger partial charge is 0.464 e. The Labute approximate surface area is 220 Å². The number of likely N-dealkylation sites (tertiary alicyclic amines) is 1. The maximum Gasteiger partial charge on any atom is 0.417 e. The number of nitrogens with zero attached hydrogens (tertiary/aromatic N) is 3. The fourth-order valence-corrected chi connectivity index (χ4v) is 7.01. The first-order valence-corrected chi connectivity index (χ1v) is 13.9. The summed E-state index contributed by atoms with van der Waals surface area (Å²) in [6.07, 6.45) is -1.34. The number of hydrogen-bond acceptors (Lipinski definition) is 6. The molecule has 0 radical (unpaired) electrons. The molecule has 2 saturated heterocycles. The van der Waals surface area contributed by atoms with Gasteiger partial charge >= 0.3 is 6.09 Å². The van der Waals surface area contributed by atoms with Crippen molar-refractivity contribution in [3.05, 3.63) is 28.8 Å². The molecule has 2 aliphatic heterocycles. The Morgan fingerprint density at radius 2 is 1.84 bits per heavy atom. The lowest BCUT2D eigenvalue weighted by atomic mass is 9.87. The first-order chi connectivity index (χ1) is 17.2. The molecule has 2 fully saturated rings. The van der Waals surface area contributed by atoms with Gasteiger partial charge in [-0.05, 0) is 37.0 Å². The van der Waals surface area contributed by atoms with E-state index in [-0.39, 0.29) is 30.0 Å². The number of benzene rings is 1. The minimum Gasteiger partial charge on any atom is -0.464 e. The molecule has 2 atom stereocenters. The second kappa shape index (κ2) is 9.90. The second-order valence-electron chi connectivity index (χ2n) is 10.3. The van der Waals surface area contributed by atoms with Crippen LogP contribution in [0.2, 0.25) is 5.02 Å². The Morgan fingerprint density at radius 3 is 2.43 bits per heavy atom. The number of fused-ring (bicyclic) bond motifs is 1. The third kappa shape index (κ3) is 5.07. The van der Waals surface area contributed by atoms with Crippen molar-refractivity contribution in [1.82, 2.24) is 19.1 Å². The SMILES string of the molecule is C[C@@H](C(=O)N1CCOCC1)N1CC[C@H](NS(=O)(=O)c2c(C(C)(C)C)c3cc(Cl)ccc3n2C(=O)O)C1=O. The summed E-state index contributed by atoms with van der Waals surface area (Å²) in [6.45, 7) is 8.84. The Bertz CT molecular complexity index is 1360. The zero-order valence-corrected chi connectivity index (χ0v) is 22.7. The van der Waals surface area contributed by atoms with Crippen molar-refractivity contribution in [3.8, 4) is 0 Å². The Balaban J connectivity index is 1.68. The molecule has 2 N–H and O–H groups in total. The molecule has 0 spiro atoms. The first-order valence-electron chi connectivity index (χ1n) is 12.0. The summed E-state index contributed by atoms with van der Waals surface area (Å²) in [5.41, 5.74) is -0.331. The van der Waals surface area contributed by atoms with Gasteiger partial charge in [0.15, 0.2) is 5.03 Å². The number of ether oxygens (including phenoxy) is 1. The van der Waals surface area contributed by atoms with Crippen LogP contribution in [0.5, 0.6) is 0 Å². The van der Waals surface area contributed by atoms with E-state index in [0.717, 1.165) is 4.57 Å². The summed E-state index contributed by atoms with van der Waals surface area (Å²) in [5, 5.41) is 10.3. The molecule has 0 aliphatic carbocycles. The molecule has 2 amide bonds. The highest BCUT2D eigenvalue weighted by Gasteiger charge is 2.43. The fourth-order valence-electron chi connectivity index (χ4n) is 5.03. The van der Waals surface area contributed by atoms with Gasteiger partial charge in [0.2, 0.25) is 11.8 Å². The van der Waals surface area contributed by atoms with Crippen LogP contribution in [0.1, 0.15) is 39.7 Å². The quantitative estimate of drug-likeness (QED) is 0.578. The van der Waals surface area contributed by atoms with E-state index in [9.17, 15) is 27.9 Å². The average molecular weight is 555 g/mol. The molecule has 202 valence electrons. The summed E-state index contributed by atoms with van der Waals surface area (Å²) in [5.74, 6) is -0.755. The van der Waals surface area contributed by atoms with E-state index in [0.29, 0.717) is 36.7 Å². The van der Waals surface area contributed by atoms with Gasteiger partial charge in [0.1, 0.15) is 12.1 Å². The van der Waals surface area contributed by atoms with Crippen LogP contribution in [0.4, 0.5) is 4.79 Å². The third-order valence-electron chi connectivity index (χ3n) is 6.77. The van der Waals surface area contributed by atoms with Crippen molar-refractivity contribution in [2.24, 2.45) is 0 Å². The normalized spacial score (nSPS) is 20.0. The summed E-state index contributed by atoms with van der Waals surface area (Å²) in [6, 6.07) is 2.59. The summed E-state index contributed by atoms with van der Waals surface area (Å²) in [7, 11) is -4.50. The second-order valence-corrected chi connectivity index (χ2v) is 12.4. The highest BCUT2D eigenvalue weighted by Crippen LogP contribution is 2.39. The smallest absolute Gasteiger partial charge is 0.417 e. The van der Waals surface area contributed by atoms with Crippen molar-refractivity contribution in [2.45, 2.75) is 56.6 Å². The van der Waals surface area contributed by atoms with Crippen molar-refractivity contribution in [1.29, 1.82) is 0 Å². The van der Waals surface area contributed by atoms with E-state index < -0.39 is 44.5 Å². The number of aromatic nitrogens is 1. The van der Waals surface area contributed by atoms with Gasteiger partial charge in [-0.15, -0.1) is 0 Å². The number of halogens is 1. The molecule has 2 aliphatic rings. The van der Waals surface area contributed by atoms with Crippen LogP contribution >= 0.6 is 11.6 Å². The van der Waals surface area contributed by atoms with Gasteiger partial charge in [-0.1, -0.05) is 32.4 Å². The molecular formula is C24H31ClN4O7S. The average Bonchev–Trinajstić information content (AvgIpc) is 3.36. The van der Waals surface area contributed by atoms with Crippen LogP contribution in [0, 0.1) is 0 Å². The standard InChI is InChI=1S/C24H31ClN4O7S/c1-14(20(30)27-9-11-36-12-10-27)28-8-7-17(21(28)31)26-37(34,35)22-19(24(2,3)4)16-13-15(25)5-6-18(16)29(22)23(32)33/h5-6,13-14,17,26H,7-12H2,1-4H3,(H,32,33)/t14-,17-/m0/s1. The predicted octanol–water partition coefficient (Wildman–Crippen LogP) is 2.24. The van der Waals surface area contributed by atoms with Crippen LogP contribution in [0.15, 0.2) is 23.2 Å². The van der Waals surface area contributed by atoms with Gasteiger partial charge < -0.3 is 19.6 Å². The van der Waals surface area contributed by atoms with Gasteiger partial charge in [0.25, 0.3) is 10.0 Å². The minimum absolute atomic E-state index is 0.142. The predicted molar refractivity (Wildman–Crippen MR) is 136 cm³/mol. The lowest BCUT2D eigenvalue weighted by Crippen LogP contribution is -2.52. The van der Waals surface area contributed by atoms with Crippen molar-refractivity contribution in [2.75, 3.05) is 32.8 Å². The van der Waals surface area contributed by atoms with Crippen LogP contribution < -0.4 is 4.72 Å². The number of sulfonamides is 1. The number of rotatable bonds is 5. The highest BCUT2D eigenvalue weighted by molar-refractivity contribution is 7.89.